The van der Waals surface area contributed by atoms with E-state index in [2.05, 4.69) is 0 Å². The summed E-state index contributed by atoms with van der Waals surface area (Å²) in [7, 11) is 0. The Bertz CT molecular complexity index is 343. The number of carbonyl (C=O) groups is 2. The molecule has 1 aliphatic heterocycles. The first kappa shape index (κ1) is 14.3. The molecule has 5 heteroatoms. The third kappa shape index (κ3) is 3.69. The summed E-state index contributed by atoms with van der Waals surface area (Å²) >= 11 is 0. The zero-order valence-electron chi connectivity index (χ0n) is 11.4. The summed E-state index contributed by atoms with van der Waals surface area (Å²) in [6, 6.07) is 0. The lowest BCUT2D eigenvalue weighted by Gasteiger charge is -2.36. The van der Waals surface area contributed by atoms with Crippen molar-refractivity contribution in [2.45, 2.75) is 56.9 Å². The smallest absolute Gasteiger partial charge is 0.306 e. The van der Waals surface area contributed by atoms with Crippen LogP contribution in [0.3, 0.4) is 0 Å². The molecule has 19 heavy (non-hydrogen) atoms. The molecule has 1 saturated carbocycles. The number of rotatable bonds is 3. The SMILES string of the molecule is NC1(CC(=O)N2CCC(C(=O)O)CC2)CCCCC1. The average molecular weight is 268 g/mol. The van der Waals surface area contributed by atoms with Crippen molar-refractivity contribution in [3.8, 4) is 0 Å². The van der Waals surface area contributed by atoms with Gasteiger partial charge in [-0.2, -0.15) is 0 Å². The minimum atomic E-state index is -0.741. The van der Waals surface area contributed by atoms with Crippen LogP contribution in [0.1, 0.15) is 51.4 Å². The number of nitrogens with two attached hydrogens (primary N) is 1. The first-order chi connectivity index (χ1) is 9.00. The number of piperidine rings is 1. The van der Waals surface area contributed by atoms with Gasteiger partial charge in [-0.1, -0.05) is 19.3 Å². The number of hydrogen-bond donors (Lipinski definition) is 2. The molecule has 0 radical (unpaired) electrons. The second-order valence-electron chi connectivity index (χ2n) is 6.09. The fourth-order valence-electron chi connectivity index (χ4n) is 3.22. The van der Waals surface area contributed by atoms with Gasteiger partial charge >= 0.3 is 5.97 Å². The quantitative estimate of drug-likeness (QED) is 0.809. The highest BCUT2D eigenvalue weighted by molar-refractivity contribution is 5.78. The van der Waals surface area contributed by atoms with Crippen LogP contribution in [0.15, 0.2) is 0 Å². The van der Waals surface area contributed by atoms with E-state index < -0.39 is 5.97 Å². The molecule has 2 rings (SSSR count). The number of aliphatic carboxylic acids is 1. The molecule has 1 amide bonds. The second kappa shape index (κ2) is 5.90. The highest BCUT2D eigenvalue weighted by atomic mass is 16.4. The lowest BCUT2D eigenvalue weighted by Crippen LogP contribution is -2.48. The van der Waals surface area contributed by atoms with Crippen LogP contribution in [-0.2, 0) is 9.59 Å². The normalized spacial score (nSPS) is 24.2. The molecule has 2 aliphatic rings. The van der Waals surface area contributed by atoms with Crippen LogP contribution in [0.25, 0.3) is 0 Å². The molecule has 0 aromatic carbocycles. The Labute approximate surface area is 114 Å². The summed E-state index contributed by atoms with van der Waals surface area (Å²) in [4.78, 5) is 24.9. The van der Waals surface area contributed by atoms with Gasteiger partial charge in [-0.25, -0.2) is 0 Å². The number of carbonyl (C=O) groups excluding carboxylic acids is 1. The highest BCUT2D eigenvalue weighted by Gasteiger charge is 2.33. The average Bonchev–Trinajstić information content (AvgIpc) is 2.39. The Hall–Kier alpha value is -1.10. The molecule has 5 nitrogen and oxygen atoms in total. The zero-order valence-corrected chi connectivity index (χ0v) is 11.4. The van der Waals surface area contributed by atoms with E-state index in [4.69, 9.17) is 10.8 Å². The Morgan fingerprint density at radius 2 is 1.74 bits per heavy atom. The van der Waals surface area contributed by atoms with Gasteiger partial charge in [0, 0.05) is 25.0 Å². The van der Waals surface area contributed by atoms with Crippen LogP contribution in [0, 0.1) is 5.92 Å². The van der Waals surface area contributed by atoms with E-state index in [-0.39, 0.29) is 17.4 Å². The van der Waals surface area contributed by atoms with Crippen LogP contribution in [0.5, 0.6) is 0 Å². The molecular formula is C14H24N2O3. The van der Waals surface area contributed by atoms with E-state index in [9.17, 15) is 9.59 Å². The summed E-state index contributed by atoms with van der Waals surface area (Å²) in [5, 5.41) is 8.94. The Balaban J connectivity index is 1.82. The molecule has 1 heterocycles. The number of hydrogen-bond acceptors (Lipinski definition) is 3. The van der Waals surface area contributed by atoms with Gasteiger partial charge in [0.25, 0.3) is 0 Å². The fourth-order valence-corrected chi connectivity index (χ4v) is 3.22. The van der Waals surface area contributed by atoms with E-state index in [0.717, 1.165) is 25.7 Å². The van der Waals surface area contributed by atoms with Crippen LogP contribution < -0.4 is 5.73 Å². The maximum absolute atomic E-state index is 12.2. The minimum Gasteiger partial charge on any atom is -0.481 e. The molecule has 3 N–H and O–H groups in total. The van der Waals surface area contributed by atoms with E-state index in [1.807, 2.05) is 0 Å². The molecule has 0 aromatic rings. The third-order valence-corrected chi connectivity index (χ3v) is 4.55. The van der Waals surface area contributed by atoms with Crippen LogP contribution in [0.2, 0.25) is 0 Å². The van der Waals surface area contributed by atoms with Gasteiger partial charge in [0.1, 0.15) is 0 Å². The van der Waals surface area contributed by atoms with E-state index in [1.165, 1.54) is 6.42 Å². The number of carboxylic acid groups (broad SMARTS) is 1. The van der Waals surface area contributed by atoms with Gasteiger partial charge in [0.05, 0.1) is 5.92 Å². The van der Waals surface area contributed by atoms with E-state index in [1.54, 1.807) is 4.90 Å². The van der Waals surface area contributed by atoms with Gasteiger partial charge in [-0.3, -0.25) is 9.59 Å². The van der Waals surface area contributed by atoms with Gasteiger partial charge < -0.3 is 15.7 Å². The summed E-state index contributed by atoms with van der Waals surface area (Å²) in [6.45, 7) is 1.12. The maximum atomic E-state index is 12.2. The van der Waals surface area contributed by atoms with Gasteiger partial charge in [-0.05, 0) is 25.7 Å². The molecule has 1 saturated heterocycles. The molecular weight excluding hydrogens is 244 g/mol. The number of nitrogens with zero attached hydrogens (tertiary/aromatic N) is 1. The Morgan fingerprint density at radius 1 is 1.16 bits per heavy atom. The molecule has 2 fully saturated rings. The zero-order chi connectivity index (χ0) is 13.9. The fraction of sp³-hybridized carbons (Fsp3) is 0.857. The second-order valence-corrected chi connectivity index (χ2v) is 6.09. The third-order valence-electron chi connectivity index (χ3n) is 4.55. The van der Waals surface area contributed by atoms with Crippen molar-refractivity contribution >= 4 is 11.9 Å². The van der Waals surface area contributed by atoms with Crippen molar-refractivity contribution in [1.29, 1.82) is 0 Å². The molecule has 108 valence electrons. The van der Waals surface area contributed by atoms with Crippen molar-refractivity contribution in [2.24, 2.45) is 11.7 Å². The van der Waals surface area contributed by atoms with Crippen molar-refractivity contribution < 1.29 is 14.7 Å². The summed E-state index contributed by atoms with van der Waals surface area (Å²) in [5.41, 5.74) is 5.98. The summed E-state index contributed by atoms with van der Waals surface area (Å²) in [6.07, 6.45) is 6.88. The number of carboxylic acids is 1. The van der Waals surface area contributed by atoms with Crippen LogP contribution >= 0.6 is 0 Å². The molecule has 0 bridgehead atoms. The summed E-state index contributed by atoms with van der Waals surface area (Å²) in [5.74, 6) is -0.923. The minimum absolute atomic E-state index is 0.105. The maximum Gasteiger partial charge on any atom is 0.306 e. The van der Waals surface area contributed by atoms with Crippen LogP contribution in [0.4, 0.5) is 0 Å². The van der Waals surface area contributed by atoms with Gasteiger partial charge in [0.2, 0.25) is 5.91 Å². The molecule has 0 atom stereocenters. The molecule has 1 aliphatic carbocycles. The van der Waals surface area contributed by atoms with Crippen molar-refractivity contribution in [3.05, 3.63) is 0 Å². The Kier molecular flexibility index (Phi) is 4.45. The van der Waals surface area contributed by atoms with E-state index in [0.29, 0.717) is 32.4 Å². The summed E-state index contributed by atoms with van der Waals surface area (Å²) < 4.78 is 0. The molecule has 0 aromatic heterocycles. The highest BCUT2D eigenvalue weighted by Crippen LogP contribution is 2.30. The molecule has 0 spiro atoms. The van der Waals surface area contributed by atoms with Crippen molar-refractivity contribution in [3.63, 3.8) is 0 Å². The van der Waals surface area contributed by atoms with Crippen molar-refractivity contribution in [2.75, 3.05) is 13.1 Å². The number of amides is 1. The van der Waals surface area contributed by atoms with Gasteiger partial charge in [-0.15, -0.1) is 0 Å². The van der Waals surface area contributed by atoms with Crippen LogP contribution in [-0.4, -0.2) is 40.5 Å². The largest absolute Gasteiger partial charge is 0.481 e. The first-order valence-electron chi connectivity index (χ1n) is 7.30. The molecule has 0 unspecified atom stereocenters. The monoisotopic (exact) mass is 268 g/mol. The topological polar surface area (TPSA) is 83.6 Å². The van der Waals surface area contributed by atoms with Gasteiger partial charge in [0.15, 0.2) is 0 Å². The predicted molar refractivity (Wildman–Crippen MR) is 71.6 cm³/mol. The van der Waals surface area contributed by atoms with E-state index >= 15 is 0 Å². The Morgan fingerprint density at radius 3 is 2.26 bits per heavy atom. The van der Waals surface area contributed by atoms with Crippen molar-refractivity contribution in [1.82, 2.24) is 4.90 Å². The first-order valence-corrected chi connectivity index (χ1v) is 7.30. The standard InChI is InChI=1S/C14H24N2O3/c15-14(6-2-1-3-7-14)10-12(17)16-8-4-11(5-9-16)13(18)19/h11H,1-10,15H2,(H,18,19). The lowest BCUT2D eigenvalue weighted by molar-refractivity contribution is -0.146. The lowest BCUT2D eigenvalue weighted by atomic mass is 9.80. The number of likely N-dealkylation sites (tertiary alicyclic amines) is 1. The predicted octanol–water partition coefficient (Wildman–Crippen LogP) is 1.36.